The number of carbonyl (C=O) groups excluding carboxylic acids is 1. The molecule has 1 aliphatic carbocycles. The Balaban J connectivity index is 1.71. The fourth-order valence-corrected chi connectivity index (χ4v) is 3.38. The van der Waals surface area contributed by atoms with Crippen LogP contribution in [-0.4, -0.2) is 5.97 Å². The van der Waals surface area contributed by atoms with Gasteiger partial charge in [-0.1, -0.05) is 43.5 Å². The summed E-state index contributed by atoms with van der Waals surface area (Å²) >= 11 is 0. The summed E-state index contributed by atoms with van der Waals surface area (Å²) in [6, 6.07) is 13.6. The van der Waals surface area contributed by atoms with E-state index in [1.165, 1.54) is 30.4 Å². The SMILES string of the molecule is CCCC1CCc2cc(C(=O)Oc3ccc(C)cc3)ccc2C1. The van der Waals surface area contributed by atoms with Gasteiger partial charge < -0.3 is 4.74 Å². The number of rotatable bonds is 4. The van der Waals surface area contributed by atoms with E-state index >= 15 is 0 Å². The van der Waals surface area contributed by atoms with E-state index in [0.29, 0.717) is 11.3 Å². The van der Waals surface area contributed by atoms with E-state index in [1.807, 2.05) is 43.3 Å². The number of hydrogen-bond donors (Lipinski definition) is 0. The molecule has 0 heterocycles. The van der Waals surface area contributed by atoms with E-state index in [9.17, 15) is 4.79 Å². The molecule has 0 saturated heterocycles. The molecule has 1 atom stereocenters. The van der Waals surface area contributed by atoms with E-state index in [4.69, 9.17) is 4.74 Å². The number of hydrogen-bond acceptors (Lipinski definition) is 2. The van der Waals surface area contributed by atoms with Gasteiger partial charge in [0.2, 0.25) is 0 Å². The molecule has 2 nitrogen and oxygen atoms in total. The first-order valence-corrected chi connectivity index (χ1v) is 8.56. The van der Waals surface area contributed by atoms with Gasteiger partial charge in [-0.05, 0) is 67.5 Å². The van der Waals surface area contributed by atoms with Gasteiger partial charge in [-0.15, -0.1) is 0 Å². The minimum atomic E-state index is -0.271. The standard InChI is InChI=1S/C21H24O2/c1-3-4-16-7-8-18-14-19(10-9-17(18)13-16)21(22)23-20-11-5-15(2)6-12-20/h5-6,9-12,14,16H,3-4,7-8,13H2,1-2H3. The molecule has 23 heavy (non-hydrogen) atoms. The molecule has 0 bridgehead atoms. The lowest BCUT2D eigenvalue weighted by Gasteiger charge is -2.24. The highest BCUT2D eigenvalue weighted by Crippen LogP contribution is 2.29. The molecule has 3 rings (SSSR count). The van der Waals surface area contributed by atoms with Crippen LogP contribution in [0.15, 0.2) is 42.5 Å². The monoisotopic (exact) mass is 308 g/mol. The molecule has 0 amide bonds. The second-order valence-corrected chi connectivity index (χ2v) is 6.58. The van der Waals surface area contributed by atoms with E-state index in [1.54, 1.807) is 0 Å². The molecule has 0 aliphatic heterocycles. The van der Waals surface area contributed by atoms with Gasteiger partial charge in [0, 0.05) is 0 Å². The highest BCUT2D eigenvalue weighted by atomic mass is 16.5. The fraction of sp³-hybridized carbons (Fsp3) is 0.381. The van der Waals surface area contributed by atoms with Crippen molar-refractivity contribution < 1.29 is 9.53 Å². The van der Waals surface area contributed by atoms with Gasteiger partial charge >= 0.3 is 5.97 Å². The lowest BCUT2D eigenvalue weighted by Crippen LogP contribution is -2.16. The van der Waals surface area contributed by atoms with Crippen LogP contribution in [0.25, 0.3) is 0 Å². The van der Waals surface area contributed by atoms with E-state index in [0.717, 1.165) is 24.3 Å². The summed E-state index contributed by atoms with van der Waals surface area (Å²) in [6.45, 7) is 4.26. The molecular weight excluding hydrogens is 284 g/mol. The summed E-state index contributed by atoms with van der Waals surface area (Å²) in [5, 5.41) is 0. The molecule has 2 heteroatoms. The molecule has 0 fully saturated rings. The highest BCUT2D eigenvalue weighted by molar-refractivity contribution is 5.91. The van der Waals surface area contributed by atoms with Crippen molar-refractivity contribution in [1.82, 2.24) is 0 Å². The van der Waals surface area contributed by atoms with Gasteiger partial charge in [0.05, 0.1) is 5.56 Å². The third-order valence-corrected chi connectivity index (χ3v) is 4.70. The number of esters is 1. The van der Waals surface area contributed by atoms with Crippen molar-refractivity contribution in [2.24, 2.45) is 5.92 Å². The Morgan fingerprint density at radius 1 is 1.13 bits per heavy atom. The zero-order chi connectivity index (χ0) is 16.2. The maximum Gasteiger partial charge on any atom is 0.343 e. The Hall–Kier alpha value is -2.09. The van der Waals surface area contributed by atoms with E-state index in [-0.39, 0.29) is 5.97 Å². The Morgan fingerprint density at radius 3 is 2.65 bits per heavy atom. The van der Waals surface area contributed by atoms with Crippen LogP contribution < -0.4 is 4.74 Å². The normalized spacial score (nSPS) is 16.7. The Kier molecular flexibility index (Phi) is 4.80. The molecule has 0 saturated carbocycles. The second kappa shape index (κ2) is 6.99. The number of fused-ring (bicyclic) bond motifs is 1. The summed E-state index contributed by atoms with van der Waals surface area (Å²) < 4.78 is 5.47. The number of ether oxygens (including phenoxy) is 1. The molecule has 2 aromatic rings. The summed E-state index contributed by atoms with van der Waals surface area (Å²) in [5.41, 5.74) is 4.52. The lowest BCUT2D eigenvalue weighted by molar-refractivity contribution is 0.0734. The van der Waals surface area contributed by atoms with Crippen molar-refractivity contribution in [2.45, 2.75) is 46.0 Å². The summed E-state index contributed by atoms with van der Waals surface area (Å²) in [5.74, 6) is 1.13. The molecule has 120 valence electrons. The molecule has 1 aliphatic rings. The first-order chi connectivity index (χ1) is 11.2. The van der Waals surface area contributed by atoms with Crippen LogP contribution in [-0.2, 0) is 12.8 Å². The smallest absolute Gasteiger partial charge is 0.343 e. The summed E-state index contributed by atoms with van der Waals surface area (Å²) in [4.78, 5) is 12.3. The third-order valence-electron chi connectivity index (χ3n) is 4.70. The topological polar surface area (TPSA) is 26.3 Å². The average Bonchev–Trinajstić information content (AvgIpc) is 2.56. The van der Waals surface area contributed by atoms with Crippen molar-refractivity contribution >= 4 is 5.97 Å². The molecule has 1 unspecified atom stereocenters. The number of carbonyl (C=O) groups is 1. The Labute approximate surface area is 138 Å². The van der Waals surface area contributed by atoms with E-state index < -0.39 is 0 Å². The lowest BCUT2D eigenvalue weighted by atomic mass is 9.81. The van der Waals surface area contributed by atoms with Gasteiger partial charge in [-0.3, -0.25) is 0 Å². The number of benzene rings is 2. The van der Waals surface area contributed by atoms with Crippen molar-refractivity contribution in [3.63, 3.8) is 0 Å². The second-order valence-electron chi connectivity index (χ2n) is 6.58. The van der Waals surface area contributed by atoms with Crippen molar-refractivity contribution in [3.8, 4) is 5.75 Å². The largest absolute Gasteiger partial charge is 0.423 e. The maximum atomic E-state index is 12.3. The van der Waals surface area contributed by atoms with Crippen molar-refractivity contribution in [3.05, 3.63) is 64.7 Å². The predicted molar refractivity (Wildman–Crippen MR) is 93.0 cm³/mol. The maximum absolute atomic E-state index is 12.3. The van der Waals surface area contributed by atoms with Gasteiger partial charge in [-0.25, -0.2) is 4.79 Å². The van der Waals surface area contributed by atoms with E-state index in [2.05, 4.69) is 13.0 Å². The Bertz CT molecular complexity index is 685. The Morgan fingerprint density at radius 2 is 1.91 bits per heavy atom. The molecule has 0 spiro atoms. The quantitative estimate of drug-likeness (QED) is 0.579. The van der Waals surface area contributed by atoms with Crippen molar-refractivity contribution in [2.75, 3.05) is 0 Å². The van der Waals surface area contributed by atoms with Crippen LogP contribution in [0.3, 0.4) is 0 Å². The zero-order valence-corrected chi connectivity index (χ0v) is 14.0. The minimum Gasteiger partial charge on any atom is -0.423 e. The first kappa shape index (κ1) is 15.8. The average molecular weight is 308 g/mol. The first-order valence-electron chi connectivity index (χ1n) is 8.56. The van der Waals surface area contributed by atoms with Crippen LogP contribution >= 0.6 is 0 Å². The fourth-order valence-electron chi connectivity index (χ4n) is 3.38. The van der Waals surface area contributed by atoms with Gasteiger partial charge in [0.15, 0.2) is 0 Å². The molecule has 2 aromatic carbocycles. The van der Waals surface area contributed by atoms with Gasteiger partial charge in [0.25, 0.3) is 0 Å². The van der Waals surface area contributed by atoms with Crippen LogP contribution in [0.4, 0.5) is 0 Å². The number of aryl methyl sites for hydroxylation is 2. The molecule has 0 aromatic heterocycles. The predicted octanol–water partition coefficient (Wildman–Crippen LogP) is 5.12. The van der Waals surface area contributed by atoms with Crippen LogP contribution in [0.5, 0.6) is 5.75 Å². The van der Waals surface area contributed by atoms with Crippen LogP contribution in [0.2, 0.25) is 0 Å². The van der Waals surface area contributed by atoms with Gasteiger partial charge in [0.1, 0.15) is 5.75 Å². The molecule has 0 N–H and O–H groups in total. The molecular formula is C21H24O2. The van der Waals surface area contributed by atoms with Crippen molar-refractivity contribution in [1.29, 1.82) is 0 Å². The zero-order valence-electron chi connectivity index (χ0n) is 14.0. The summed E-state index contributed by atoms with van der Waals surface area (Å²) in [6.07, 6.45) is 6.01. The van der Waals surface area contributed by atoms with Gasteiger partial charge in [-0.2, -0.15) is 0 Å². The summed E-state index contributed by atoms with van der Waals surface area (Å²) in [7, 11) is 0. The minimum absolute atomic E-state index is 0.271. The third kappa shape index (κ3) is 3.82. The molecule has 0 radical (unpaired) electrons. The van der Waals surface area contributed by atoms with Crippen LogP contribution in [0, 0.1) is 12.8 Å². The van der Waals surface area contributed by atoms with Crippen LogP contribution in [0.1, 0.15) is 53.2 Å². The highest BCUT2D eigenvalue weighted by Gasteiger charge is 2.19.